The molecule has 1 atom stereocenters. The Balaban J connectivity index is 1.86. The van der Waals surface area contributed by atoms with Crippen LogP contribution >= 0.6 is 0 Å². The monoisotopic (exact) mass is 230 g/mol. The highest BCUT2D eigenvalue weighted by Gasteiger charge is 2.14. The largest absolute Gasteiger partial charge is 0.348 e. The Kier molecular flexibility index (Phi) is 3.94. The summed E-state index contributed by atoms with van der Waals surface area (Å²) in [6.45, 7) is 3.92. The topological polar surface area (TPSA) is 41.1 Å². The summed E-state index contributed by atoms with van der Waals surface area (Å²) < 4.78 is 0. The molecule has 1 unspecified atom stereocenters. The van der Waals surface area contributed by atoms with Crippen molar-refractivity contribution in [2.45, 2.75) is 19.4 Å². The van der Waals surface area contributed by atoms with Crippen molar-refractivity contribution in [3.8, 4) is 0 Å². The molecule has 90 valence electrons. The van der Waals surface area contributed by atoms with Gasteiger partial charge in [-0.3, -0.25) is 4.79 Å². The van der Waals surface area contributed by atoms with Gasteiger partial charge in [0, 0.05) is 18.7 Å². The van der Waals surface area contributed by atoms with E-state index in [-0.39, 0.29) is 11.9 Å². The zero-order valence-corrected chi connectivity index (χ0v) is 10.1. The second-order valence-corrected chi connectivity index (χ2v) is 4.44. The molecule has 1 saturated heterocycles. The molecule has 2 rings (SSSR count). The van der Waals surface area contributed by atoms with Crippen molar-refractivity contribution >= 4 is 12.0 Å². The molecule has 1 heterocycles. The highest BCUT2D eigenvalue weighted by Crippen LogP contribution is 2.05. The Labute approximate surface area is 102 Å². The summed E-state index contributed by atoms with van der Waals surface area (Å²) in [5, 5.41) is 6.19. The fourth-order valence-electron chi connectivity index (χ4n) is 1.88. The van der Waals surface area contributed by atoms with Gasteiger partial charge in [-0.05, 0) is 31.5 Å². The molecule has 1 aliphatic rings. The van der Waals surface area contributed by atoms with Gasteiger partial charge in [0.05, 0.1) is 0 Å². The Morgan fingerprint density at radius 1 is 1.41 bits per heavy atom. The summed E-state index contributed by atoms with van der Waals surface area (Å²) in [6.07, 6.45) is 4.46. The molecule has 3 heteroatoms. The summed E-state index contributed by atoms with van der Waals surface area (Å²) in [6, 6.07) is 8.38. The zero-order chi connectivity index (χ0) is 12.1. The third kappa shape index (κ3) is 3.71. The molecule has 0 aliphatic carbocycles. The van der Waals surface area contributed by atoms with Crippen LogP contribution in [0.15, 0.2) is 30.3 Å². The maximum absolute atomic E-state index is 11.6. The SMILES string of the molecule is Cc1ccc(/C=C/C(=O)NC2CCNC2)cc1. The van der Waals surface area contributed by atoms with Crippen LogP contribution < -0.4 is 10.6 Å². The lowest BCUT2D eigenvalue weighted by Crippen LogP contribution is -2.34. The number of carbonyl (C=O) groups is 1. The Morgan fingerprint density at radius 3 is 2.82 bits per heavy atom. The van der Waals surface area contributed by atoms with E-state index in [1.165, 1.54) is 5.56 Å². The number of amides is 1. The molecule has 2 N–H and O–H groups in total. The molecule has 0 radical (unpaired) electrons. The summed E-state index contributed by atoms with van der Waals surface area (Å²) in [5.74, 6) is -0.0146. The van der Waals surface area contributed by atoms with Crippen molar-refractivity contribution in [2.24, 2.45) is 0 Å². The van der Waals surface area contributed by atoms with Gasteiger partial charge in [-0.1, -0.05) is 29.8 Å². The van der Waals surface area contributed by atoms with Gasteiger partial charge in [-0.2, -0.15) is 0 Å². The van der Waals surface area contributed by atoms with Gasteiger partial charge in [0.2, 0.25) is 5.91 Å². The second-order valence-electron chi connectivity index (χ2n) is 4.44. The number of benzene rings is 1. The smallest absolute Gasteiger partial charge is 0.244 e. The number of nitrogens with one attached hydrogen (secondary N) is 2. The number of aryl methyl sites for hydroxylation is 1. The van der Waals surface area contributed by atoms with Gasteiger partial charge in [0.25, 0.3) is 0 Å². The van der Waals surface area contributed by atoms with Gasteiger partial charge >= 0.3 is 0 Å². The lowest BCUT2D eigenvalue weighted by Gasteiger charge is -2.08. The van der Waals surface area contributed by atoms with E-state index in [4.69, 9.17) is 0 Å². The number of carbonyl (C=O) groups excluding carboxylic acids is 1. The van der Waals surface area contributed by atoms with Crippen LogP contribution in [0.25, 0.3) is 6.08 Å². The Morgan fingerprint density at radius 2 is 2.18 bits per heavy atom. The first kappa shape index (κ1) is 11.9. The molecule has 0 spiro atoms. The van der Waals surface area contributed by atoms with Crippen LogP contribution in [-0.2, 0) is 4.79 Å². The molecular weight excluding hydrogens is 212 g/mol. The molecule has 1 aromatic carbocycles. The van der Waals surface area contributed by atoms with Crippen LogP contribution in [-0.4, -0.2) is 25.0 Å². The van der Waals surface area contributed by atoms with Crippen molar-refractivity contribution in [2.75, 3.05) is 13.1 Å². The average molecular weight is 230 g/mol. The number of hydrogen-bond donors (Lipinski definition) is 2. The van der Waals surface area contributed by atoms with E-state index in [1.54, 1.807) is 6.08 Å². The van der Waals surface area contributed by atoms with Gasteiger partial charge in [-0.15, -0.1) is 0 Å². The normalized spacial score (nSPS) is 19.7. The minimum atomic E-state index is -0.0146. The van der Waals surface area contributed by atoms with Crippen molar-refractivity contribution in [1.82, 2.24) is 10.6 Å². The van der Waals surface area contributed by atoms with Crippen LogP contribution in [0.3, 0.4) is 0 Å². The molecule has 0 aromatic heterocycles. The van der Waals surface area contributed by atoms with Gasteiger partial charge in [0.1, 0.15) is 0 Å². The third-order valence-electron chi connectivity index (χ3n) is 2.91. The van der Waals surface area contributed by atoms with E-state index < -0.39 is 0 Å². The van der Waals surface area contributed by atoms with Crippen molar-refractivity contribution in [3.05, 3.63) is 41.5 Å². The average Bonchev–Trinajstić information content (AvgIpc) is 2.81. The zero-order valence-electron chi connectivity index (χ0n) is 10.1. The molecule has 17 heavy (non-hydrogen) atoms. The van der Waals surface area contributed by atoms with E-state index in [1.807, 2.05) is 37.3 Å². The van der Waals surface area contributed by atoms with Crippen molar-refractivity contribution < 1.29 is 4.79 Å². The third-order valence-corrected chi connectivity index (χ3v) is 2.91. The summed E-state index contributed by atoms with van der Waals surface area (Å²) >= 11 is 0. The number of hydrogen-bond acceptors (Lipinski definition) is 2. The molecule has 1 aliphatic heterocycles. The van der Waals surface area contributed by atoms with Gasteiger partial charge < -0.3 is 10.6 Å². The van der Waals surface area contributed by atoms with Gasteiger partial charge in [0.15, 0.2) is 0 Å². The summed E-state index contributed by atoms with van der Waals surface area (Å²) in [4.78, 5) is 11.6. The van der Waals surface area contributed by atoms with E-state index in [0.29, 0.717) is 0 Å². The number of rotatable bonds is 3. The predicted molar refractivity (Wildman–Crippen MR) is 69.6 cm³/mol. The van der Waals surface area contributed by atoms with E-state index in [9.17, 15) is 4.79 Å². The predicted octanol–water partition coefficient (Wildman–Crippen LogP) is 1.49. The first-order chi connectivity index (χ1) is 8.24. The molecule has 1 amide bonds. The van der Waals surface area contributed by atoms with Crippen LogP contribution in [0, 0.1) is 6.92 Å². The van der Waals surface area contributed by atoms with Crippen LogP contribution in [0.1, 0.15) is 17.5 Å². The summed E-state index contributed by atoms with van der Waals surface area (Å²) in [7, 11) is 0. The maximum atomic E-state index is 11.6. The van der Waals surface area contributed by atoms with E-state index in [2.05, 4.69) is 10.6 Å². The fourth-order valence-corrected chi connectivity index (χ4v) is 1.88. The molecular formula is C14H18N2O. The Hall–Kier alpha value is -1.61. The molecule has 1 aromatic rings. The van der Waals surface area contributed by atoms with Gasteiger partial charge in [-0.25, -0.2) is 0 Å². The molecule has 0 bridgehead atoms. The van der Waals surface area contributed by atoms with Crippen LogP contribution in [0.5, 0.6) is 0 Å². The highest BCUT2D eigenvalue weighted by molar-refractivity contribution is 5.91. The molecule has 0 saturated carbocycles. The minimum absolute atomic E-state index is 0.0146. The minimum Gasteiger partial charge on any atom is -0.348 e. The quantitative estimate of drug-likeness (QED) is 0.772. The van der Waals surface area contributed by atoms with E-state index in [0.717, 1.165) is 25.1 Å². The van der Waals surface area contributed by atoms with Crippen LogP contribution in [0.2, 0.25) is 0 Å². The highest BCUT2D eigenvalue weighted by atomic mass is 16.1. The molecule has 1 fully saturated rings. The summed E-state index contributed by atoms with van der Waals surface area (Å²) in [5.41, 5.74) is 2.28. The first-order valence-corrected chi connectivity index (χ1v) is 6.00. The standard InChI is InChI=1S/C14H18N2O/c1-11-2-4-12(5-3-11)6-7-14(17)16-13-8-9-15-10-13/h2-7,13,15H,8-10H2,1H3,(H,16,17)/b7-6+. The molecule has 3 nitrogen and oxygen atoms in total. The van der Waals surface area contributed by atoms with Crippen molar-refractivity contribution in [1.29, 1.82) is 0 Å². The van der Waals surface area contributed by atoms with E-state index >= 15 is 0 Å². The second kappa shape index (κ2) is 5.64. The fraction of sp³-hybridized carbons (Fsp3) is 0.357. The first-order valence-electron chi connectivity index (χ1n) is 6.00. The van der Waals surface area contributed by atoms with Crippen molar-refractivity contribution in [3.63, 3.8) is 0 Å². The lowest BCUT2D eigenvalue weighted by molar-refractivity contribution is -0.117. The Bertz CT molecular complexity index is 403. The lowest BCUT2D eigenvalue weighted by atomic mass is 10.1. The maximum Gasteiger partial charge on any atom is 0.244 e. The van der Waals surface area contributed by atoms with Crippen LogP contribution in [0.4, 0.5) is 0 Å².